The highest BCUT2D eigenvalue weighted by Crippen LogP contribution is 2.40. The van der Waals surface area contributed by atoms with Crippen LogP contribution in [0.1, 0.15) is 0 Å². The molecule has 0 saturated carbocycles. The molecule has 0 amide bonds. The number of aromatic nitrogens is 2. The molecule has 3 heteroatoms. The molecular weight excluding hydrogens is 741 g/mol. The zero-order chi connectivity index (χ0) is 40.5. The lowest BCUT2D eigenvalue weighted by molar-refractivity contribution is 0.653. The van der Waals surface area contributed by atoms with Gasteiger partial charge < -0.3 is 4.42 Å². The van der Waals surface area contributed by atoms with Gasteiger partial charge in [0.2, 0.25) is 5.71 Å². The number of fused-ring (bicyclic) bond motifs is 3. The van der Waals surface area contributed by atoms with Crippen LogP contribution in [-0.2, 0) is 0 Å². The number of furan rings is 1. The van der Waals surface area contributed by atoms with E-state index in [1.165, 1.54) is 38.9 Å². The van der Waals surface area contributed by atoms with Crippen LogP contribution < -0.4 is 0 Å². The fourth-order valence-corrected chi connectivity index (χ4v) is 8.40. The first-order valence-electron chi connectivity index (χ1n) is 20.6. The van der Waals surface area contributed by atoms with Gasteiger partial charge in [0.1, 0.15) is 5.58 Å². The Morgan fingerprint density at radius 1 is 0.262 bits per heavy atom. The summed E-state index contributed by atoms with van der Waals surface area (Å²) in [4.78, 5) is 10.5. The molecule has 11 aromatic rings. The van der Waals surface area contributed by atoms with Crippen molar-refractivity contribution < 1.29 is 4.42 Å². The Bertz CT molecular complexity index is 3280. The van der Waals surface area contributed by atoms with Crippen molar-refractivity contribution in [1.82, 2.24) is 9.97 Å². The third kappa shape index (κ3) is 7.09. The molecule has 11 rings (SSSR count). The smallest absolute Gasteiger partial charge is 0.231 e. The Labute approximate surface area is 354 Å². The van der Waals surface area contributed by atoms with E-state index in [-0.39, 0.29) is 0 Å². The van der Waals surface area contributed by atoms with Crippen molar-refractivity contribution in [2.75, 3.05) is 0 Å². The molecule has 0 fully saturated rings. The van der Waals surface area contributed by atoms with Crippen LogP contribution >= 0.6 is 0 Å². The molecule has 0 spiro atoms. The Morgan fingerprint density at radius 2 is 0.623 bits per heavy atom. The van der Waals surface area contributed by atoms with E-state index in [0.717, 1.165) is 61.0 Å². The SMILES string of the molecule is c1ccc(-c2ccc(-c3cccc(-c4cccc(-c5nc(-c6cccc(-c7cc(-c8ccccc8)cc(-c8ccccc8)c7)c6)c6c(n5)oc5ccccc56)c4)c3)cc2)cc1. The molecule has 0 atom stereocenters. The number of hydrogen-bond acceptors (Lipinski definition) is 3. The lowest BCUT2D eigenvalue weighted by Gasteiger charge is -2.13. The first-order chi connectivity index (χ1) is 30.2. The highest BCUT2D eigenvalue weighted by molar-refractivity contribution is 6.10. The van der Waals surface area contributed by atoms with Crippen molar-refractivity contribution in [1.29, 1.82) is 0 Å². The van der Waals surface area contributed by atoms with Crippen LogP contribution in [0.4, 0.5) is 0 Å². The first-order valence-corrected chi connectivity index (χ1v) is 20.6. The maximum absolute atomic E-state index is 6.49. The maximum Gasteiger partial charge on any atom is 0.231 e. The third-order valence-electron chi connectivity index (χ3n) is 11.5. The second kappa shape index (κ2) is 15.6. The Kier molecular flexibility index (Phi) is 9.18. The summed E-state index contributed by atoms with van der Waals surface area (Å²) in [6.45, 7) is 0. The van der Waals surface area contributed by atoms with Crippen LogP contribution in [0, 0.1) is 0 Å². The van der Waals surface area contributed by atoms with Gasteiger partial charge in [0.25, 0.3) is 0 Å². The summed E-state index contributed by atoms with van der Waals surface area (Å²) in [6.07, 6.45) is 0. The predicted octanol–water partition coefficient (Wildman–Crippen LogP) is 15.7. The fourth-order valence-electron chi connectivity index (χ4n) is 8.40. The first kappa shape index (κ1) is 36.0. The summed E-state index contributed by atoms with van der Waals surface area (Å²) in [5.74, 6) is 0.610. The van der Waals surface area contributed by atoms with E-state index in [0.29, 0.717) is 11.5 Å². The summed E-state index contributed by atoms with van der Waals surface area (Å²) in [5, 5.41) is 1.89. The molecule has 0 saturated heterocycles. The van der Waals surface area contributed by atoms with E-state index in [4.69, 9.17) is 14.4 Å². The van der Waals surface area contributed by atoms with Crippen molar-refractivity contribution in [3.05, 3.63) is 231 Å². The highest BCUT2D eigenvalue weighted by atomic mass is 16.3. The van der Waals surface area contributed by atoms with Crippen LogP contribution in [0.2, 0.25) is 0 Å². The number of benzene rings is 9. The second-order valence-corrected chi connectivity index (χ2v) is 15.4. The minimum atomic E-state index is 0.565. The molecule has 3 nitrogen and oxygen atoms in total. The van der Waals surface area contributed by atoms with E-state index in [9.17, 15) is 0 Å². The molecule has 0 aliphatic rings. The van der Waals surface area contributed by atoms with Crippen molar-refractivity contribution in [2.45, 2.75) is 0 Å². The zero-order valence-electron chi connectivity index (χ0n) is 33.2. The Balaban J connectivity index is 1.00. The van der Waals surface area contributed by atoms with Gasteiger partial charge in [-0.05, 0) is 109 Å². The van der Waals surface area contributed by atoms with E-state index in [1.807, 2.05) is 24.3 Å². The summed E-state index contributed by atoms with van der Waals surface area (Å²) >= 11 is 0. The number of para-hydroxylation sites is 1. The molecule has 9 aromatic carbocycles. The zero-order valence-corrected chi connectivity index (χ0v) is 33.2. The lowest BCUT2D eigenvalue weighted by Crippen LogP contribution is -1.95. The number of hydrogen-bond donors (Lipinski definition) is 0. The van der Waals surface area contributed by atoms with E-state index >= 15 is 0 Å². The molecule has 286 valence electrons. The molecular formula is C58H38N2O. The van der Waals surface area contributed by atoms with Crippen molar-refractivity contribution in [3.8, 4) is 89.4 Å². The van der Waals surface area contributed by atoms with Gasteiger partial charge in [-0.15, -0.1) is 0 Å². The van der Waals surface area contributed by atoms with E-state index < -0.39 is 0 Å². The van der Waals surface area contributed by atoms with Gasteiger partial charge in [-0.2, -0.15) is 4.98 Å². The van der Waals surface area contributed by atoms with E-state index in [2.05, 4.69) is 206 Å². The van der Waals surface area contributed by atoms with Crippen molar-refractivity contribution in [3.63, 3.8) is 0 Å². The Hall–Kier alpha value is -8.14. The van der Waals surface area contributed by atoms with Gasteiger partial charge in [-0.25, -0.2) is 4.98 Å². The summed E-state index contributed by atoms with van der Waals surface area (Å²) in [6, 6.07) is 81.4. The molecule has 0 bridgehead atoms. The highest BCUT2D eigenvalue weighted by Gasteiger charge is 2.19. The number of rotatable bonds is 8. The Morgan fingerprint density at radius 3 is 1.21 bits per heavy atom. The molecule has 0 aliphatic carbocycles. The van der Waals surface area contributed by atoms with Crippen molar-refractivity contribution >= 4 is 22.1 Å². The standard InChI is InChI=1S/C58H38N2O/c1-4-15-39(16-5-1)42-29-31-43(32-30-42)44-21-12-22-45(33-44)46-23-14-26-49(35-46)57-59-56(55-53-27-10-11-28-54(53)61-58(55)60-57)48-25-13-24-47(34-48)52-37-50(40-17-6-2-7-18-40)36-51(38-52)41-19-8-3-9-20-41/h1-38H. The van der Waals surface area contributed by atoms with Crippen LogP contribution in [0.3, 0.4) is 0 Å². The largest absolute Gasteiger partial charge is 0.438 e. The predicted molar refractivity (Wildman–Crippen MR) is 253 cm³/mol. The van der Waals surface area contributed by atoms with Gasteiger partial charge in [-0.3, -0.25) is 0 Å². The normalized spacial score (nSPS) is 11.3. The van der Waals surface area contributed by atoms with Crippen LogP contribution in [0.15, 0.2) is 235 Å². The average Bonchev–Trinajstić information content (AvgIpc) is 3.73. The summed E-state index contributed by atoms with van der Waals surface area (Å²) in [7, 11) is 0. The topological polar surface area (TPSA) is 38.9 Å². The quantitative estimate of drug-likeness (QED) is 0.154. The average molecular weight is 779 g/mol. The molecule has 0 radical (unpaired) electrons. The van der Waals surface area contributed by atoms with Crippen LogP contribution in [0.25, 0.3) is 111 Å². The molecule has 61 heavy (non-hydrogen) atoms. The second-order valence-electron chi connectivity index (χ2n) is 15.4. The third-order valence-corrected chi connectivity index (χ3v) is 11.5. The van der Waals surface area contributed by atoms with Crippen molar-refractivity contribution in [2.24, 2.45) is 0 Å². The molecule has 0 N–H and O–H groups in total. The van der Waals surface area contributed by atoms with E-state index in [1.54, 1.807) is 0 Å². The monoisotopic (exact) mass is 778 g/mol. The maximum atomic E-state index is 6.49. The lowest BCUT2D eigenvalue weighted by atomic mass is 9.92. The van der Waals surface area contributed by atoms with Gasteiger partial charge in [0.15, 0.2) is 5.82 Å². The van der Waals surface area contributed by atoms with Gasteiger partial charge >= 0.3 is 0 Å². The van der Waals surface area contributed by atoms with Crippen LogP contribution in [0.5, 0.6) is 0 Å². The minimum Gasteiger partial charge on any atom is -0.438 e. The van der Waals surface area contributed by atoms with Gasteiger partial charge in [0.05, 0.1) is 11.1 Å². The molecule has 2 aromatic heterocycles. The molecule has 0 unspecified atom stereocenters. The molecule has 0 aliphatic heterocycles. The number of nitrogens with zero attached hydrogens (tertiary/aromatic N) is 2. The fraction of sp³-hybridized carbons (Fsp3) is 0. The van der Waals surface area contributed by atoms with Gasteiger partial charge in [0, 0.05) is 16.5 Å². The minimum absolute atomic E-state index is 0.565. The molecule has 2 heterocycles. The summed E-state index contributed by atoms with van der Waals surface area (Å²) in [5.41, 5.74) is 18.0. The van der Waals surface area contributed by atoms with Crippen LogP contribution in [-0.4, -0.2) is 9.97 Å². The summed E-state index contributed by atoms with van der Waals surface area (Å²) < 4.78 is 6.49. The van der Waals surface area contributed by atoms with Gasteiger partial charge in [-0.1, -0.05) is 188 Å².